The van der Waals surface area contributed by atoms with Crippen LogP contribution < -0.4 is 4.52 Å². The zero-order valence-corrected chi connectivity index (χ0v) is 14.3. The van der Waals surface area contributed by atoms with Crippen molar-refractivity contribution in [1.29, 1.82) is 0 Å². The molecule has 2 unspecified atom stereocenters. The minimum absolute atomic E-state index is 0.118. The molecule has 0 fully saturated rings. The molecule has 0 heterocycles. The van der Waals surface area contributed by atoms with Crippen LogP contribution in [0.15, 0.2) is 30.3 Å². The normalized spacial score (nSPS) is 12.9. The Morgan fingerprint density at radius 3 is 2.15 bits per heavy atom. The summed E-state index contributed by atoms with van der Waals surface area (Å²) in [6, 6.07) is 9.75. The molecule has 114 valence electrons. The molecule has 0 aliphatic heterocycles. The van der Waals surface area contributed by atoms with Gasteiger partial charge in [-0.05, 0) is 12.1 Å². The first-order valence-electron chi connectivity index (χ1n) is 7.12. The van der Waals surface area contributed by atoms with E-state index < -0.39 is 8.15 Å². The maximum atomic E-state index is 11.5. The lowest BCUT2D eigenvalue weighted by Gasteiger charge is -2.24. The number of carbonyl (C=O) groups excluding carboxylic acids is 1. The van der Waals surface area contributed by atoms with E-state index in [0.717, 1.165) is 11.9 Å². The smallest absolute Gasteiger partial charge is 0.308 e. The van der Waals surface area contributed by atoms with Crippen LogP contribution in [-0.2, 0) is 9.53 Å². The Kier molecular flexibility index (Phi) is 10.1. The van der Waals surface area contributed by atoms with Gasteiger partial charge in [-0.25, -0.2) is 0 Å². The molecular formula is C16H27O3P. The van der Waals surface area contributed by atoms with E-state index in [1.165, 1.54) is 7.11 Å². The van der Waals surface area contributed by atoms with E-state index in [0.29, 0.717) is 5.66 Å². The standard InChI is InChI=1S/C14H21O3P.C2H6/c1-11(2)18(10-12(3)14(15)16-4)17-13-8-6-5-7-9-13;1-2/h5-9,11-12H,10H2,1-4H3;1-2H3. The van der Waals surface area contributed by atoms with Crippen LogP contribution in [0.4, 0.5) is 0 Å². The summed E-state index contributed by atoms with van der Waals surface area (Å²) in [5, 5.41) is 0. The molecule has 0 bridgehead atoms. The van der Waals surface area contributed by atoms with Crippen molar-refractivity contribution in [1.82, 2.24) is 0 Å². The number of esters is 1. The van der Waals surface area contributed by atoms with Gasteiger partial charge in [-0.2, -0.15) is 0 Å². The molecule has 0 aromatic heterocycles. The van der Waals surface area contributed by atoms with Crippen molar-refractivity contribution < 1.29 is 14.1 Å². The molecule has 0 aliphatic carbocycles. The summed E-state index contributed by atoms with van der Waals surface area (Å²) in [6.07, 6.45) is 0.731. The van der Waals surface area contributed by atoms with Crippen LogP contribution in [0, 0.1) is 5.92 Å². The molecule has 20 heavy (non-hydrogen) atoms. The first kappa shape index (κ1) is 18.9. The van der Waals surface area contributed by atoms with E-state index in [4.69, 9.17) is 9.26 Å². The van der Waals surface area contributed by atoms with Gasteiger partial charge in [-0.3, -0.25) is 4.79 Å². The third-order valence-corrected chi connectivity index (χ3v) is 5.10. The molecule has 0 N–H and O–H groups in total. The Balaban J connectivity index is 0.00000172. The zero-order chi connectivity index (χ0) is 15.5. The predicted octanol–water partition coefficient (Wildman–Crippen LogP) is 4.71. The fourth-order valence-corrected chi connectivity index (χ4v) is 3.30. The van der Waals surface area contributed by atoms with Gasteiger partial charge in [0.25, 0.3) is 0 Å². The van der Waals surface area contributed by atoms with E-state index in [-0.39, 0.29) is 11.9 Å². The summed E-state index contributed by atoms with van der Waals surface area (Å²) in [4.78, 5) is 11.5. The van der Waals surface area contributed by atoms with E-state index in [2.05, 4.69) is 13.8 Å². The molecular weight excluding hydrogens is 271 g/mol. The Bertz CT molecular complexity index is 365. The first-order chi connectivity index (χ1) is 9.54. The average molecular weight is 298 g/mol. The molecule has 0 aliphatic rings. The first-order valence-corrected chi connectivity index (χ1v) is 8.63. The second kappa shape index (κ2) is 10.7. The molecule has 1 rings (SSSR count). The highest BCUT2D eigenvalue weighted by Gasteiger charge is 2.23. The average Bonchev–Trinajstić information content (AvgIpc) is 2.48. The second-order valence-electron chi connectivity index (χ2n) is 4.52. The lowest BCUT2D eigenvalue weighted by molar-refractivity contribution is -0.144. The molecule has 1 aromatic rings. The summed E-state index contributed by atoms with van der Waals surface area (Å²) >= 11 is 0. The second-order valence-corrected chi connectivity index (χ2v) is 6.94. The van der Waals surface area contributed by atoms with Gasteiger partial charge in [0.15, 0.2) is 0 Å². The van der Waals surface area contributed by atoms with Crippen molar-refractivity contribution in [3.63, 3.8) is 0 Å². The molecule has 0 saturated heterocycles. The number of hydrogen-bond acceptors (Lipinski definition) is 3. The van der Waals surface area contributed by atoms with Gasteiger partial charge >= 0.3 is 5.97 Å². The van der Waals surface area contributed by atoms with Crippen LogP contribution in [0.2, 0.25) is 0 Å². The number of ether oxygens (including phenoxy) is 1. The molecule has 1 aromatic carbocycles. The summed E-state index contributed by atoms with van der Waals surface area (Å²) in [5.41, 5.74) is 0.410. The third-order valence-electron chi connectivity index (χ3n) is 2.60. The van der Waals surface area contributed by atoms with Gasteiger partial charge in [0.1, 0.15) is 5.75 Å². The van der Waals surface area contributed by atoms with Gasteiger partial charge < -0.3 is 9.26 Å². The Morgan fingerprint density at radius 1 is 1.15 bits per heavy atom. The number of methoxy groups -OCH3 is 1. The molecule has 0 amide bonds. The molecule has 0 radical (unpaired) electrons. The van der Waals surface area contributed by atoms with Gasteiger partial charge in [0.05, 0.1) is 21.2 Å². The van der Waals surface area contributed by atoms with Crippen molar-refractivity contribution in [2.75, 3.05) is 13.3 Å². The number of hydrogen-bond donors (Lipinski definition) is 0. The minimum atomic E-state index is -0.674. The van der Waals surface area contributed by atoms with E-state index in [1.54, 1.807) is 0 Å². The van der Waals surface area contributed by atoms with E-state index >= 15 is 0 Å². The highest BCUT2D eigenvalue weighted by molar-refractivity contribution is 7.53. The molecule has 3 nitrogen and oxygen atoms in total. The van der Waals surface area contributed by atoms with Gasteiger partial charge in [0, 0.05) is 11.8 Å². The van der Waals surface area contributed by atoms with Crippen molar-refractivity contribution in [3.05, 3.63) is 30.3 Å². The maximum absolute atomic E-state index is 11.5. The molecule has 2 atom stereocenters. The number of carbonyl (C=O) groups is 1. The van der Waals surface area contributed by atoms with Crippen molar-refractivity contribution >= 4 is 14.1 Å². The Labute approximate surface area is 124 Å². The number of benzene rings is 1. The van der Waals surface area contributed by atoms with Gasteiger partial charge in [-0.1, -0.05) is 52.8 Å². The van der Waals surface area contributed by atoms with Gasteiger partial charge in [0.2, 0.25) is 0 Å². The Hall–Kier alpha value is -1.08. The largest absolute Gasteiger partial charge is 0.474 e. The highest BCUT2D eigenvalue weighted by atomic mass is 31.1. The van der Waals surface area contributed by atoms with Crippen LogP contribution >= 0.6 is 8.15 Å². The van der Waals surface area contributed by atoms with Crippen LogP contribution in [0.1, 0.15) is 34.6 Å². The summed E-state index contributed by atoms with van der Waals surface area (Å²) in [7, 11) is 0.751. The topological polar surface area (TPSA) is 35.5 Å². The van der Waals surface area contributed by atoms with Crippen molar-refractivity contribution in [3.8, 4) is 5.75 Å². The molecule has 0 spiro atoms. The van der Waals surface area contributed by atoms with Crippen LogP contribution in [0.25, 0.3) is 0 Å². The maximum Gasteiger partial charge on any atom is 0.308 e. The zero-order valence-electron chi connectivity index (χ0n) is 13.4. The summed E-state index contributed by atoms with van der Waals surface area (Å²) < 4.78 is 10.8. The van der Waals surface area contributed by atoms with E-state index in [9.17, 15) is 4.79 Å². The number of rotatable bonds is 6. The van der Waals surface area contributed by atoms with Crippen LogP contribution in [0.3, 0.4) is 0 Å². The molecule has 4 heteroatoms. The van der Waals surface area contributed by atoms with E-state index in [1.807, 2.05) is 51.1 Å². The van der Waals surface area contributed by atoms with Gasteiger partial charge in [-0.15, -0.1) is 0 Å². The lowest BCUT2D eigenvalue weighted by atomic mass is 10.2. The Morgan fingerprint density at radius 2 is 1.70 bits per heavy atom. The minimum Gasteiger partial charge on any atom is -0.474 e. The van der Waals surface area contributed by atoms with Crippen molar-refractivity contribution in [2.45, 2.75) is 40.3 Å². The lowest BCUT2D eigenvalue weighted by Crippen LogP contribution is -2.18. The predicted molar refractivity (Wildman–Crippen MR) is 86.5 cm³/mol. The fraction of sp³-hybridized carbons (Fsp3) is 0.562. The summed E-state index contributed by atoms with van der Waals surface area (Å²) in [5.74, 6) is 0.585. The quantitative estimate of drug-likeness (QED) is 0.564. The molecule has 0 saturated carbocycles. The highest BCUT2D eigenvalue weighted by Crippen LogP contribution is 2.44. The van der Waals surface area contributed by atoms with Crippen LogP contribution in [-0.4, -0.2) is 24.9 Å². The fourth-order valence-electron chi connectivity index (χ4n) is 1.52. The third kappa shape index (κ3) is 6.91. The SMILES string of the molecule is CC.COC(=O)C(C)CP(Oc1ccccc1)C(C)C. The number of para-hydroxylation sites is 1. The van der Waals surface area contributed by atoms with Crippen LogP contribution in [0.5, 0.6) is 5.75 Å². The summed E-state index contributed by atoms with van der Waals surface area (Å²) in [6.45, 7) is 10.1. The monoisotopic (exact) mass is 298 g/mol. The van der Waals surface area contributed by atoms with Crippen molar-refractivity contribution in [2.24, 2.45) is 5.92 Å².